The van der Waals surface area contributed by atoms with Gasteiger partial charge in [0.05, 0.1) is 0 Å². The van der Waals surface area contributed by atoms with E-state index in [1.54, 1.807) is 0 Å². The van der Waals surface area contributed by atoms with Crippen LogP contribution < -0.4 is 5.73 Å². The lowest BCUT2D eigenvalue weighted by molar-refractivity contribution is 0.103. The van der Waals surface area contributed by atoms with Crippen LogP contribution in [0.25, 0.3) is 0 Å². The fourth-order valence-electron chi connectivity index (χ4n) is 1.58. The van der Waals surface area contributed by atoms with Gasteiger partial charge in [-0.05, 0) is 66.0 Å². The van der Waals surface area contributed by atoms with Crippen LogP contribution in [0.4, 0.5) is 0 Å². The molecule has 0 bridgehead atoms. The summed E-state index contributed by atoms with van der Waals surface area (Å²) >= 11 is 8.67. The summed E-state index contributed by atoms with van der Waals surface area (Å²) in [7, 11) is 0. The molecular formula is C10H22N2O2S2. The van der Waals surface area contributed by atoms with Gasteiger partial charge in [0.25, 0.3) is 10.3 Å². The minimum absolute atomic E-state index is 0.0324. The molecule has 0 aromatic heterocycles. The number of hydrogen-bond acceptors (Lipinski definition) is 2. The van der Waals surface area contributed by atoms with Crippen LogP contribution in [-0.4, -0.2) is 36.5 Å². The molecule has 4 nitrogen and oxygen atoms in total. The summed E-state index contributed by atoms with van der Waals surface area (Å²) in [5.74, 6) is 0. The number of nitrogens with two attached hydrogens (primary N) is 1. The van der Waals surface area contributed by atoms with E-state index in [0.717, 1.165) is 0 Å². The van der Waals surface area contributed by atoms with E-state index in [1.807, 2.05) is 46.4 Å². The summed E-state index contributed by atoms with van der Waals surface area (Å²) in [4.78, 5) is 1.83. The first-order chi connectivity index (χ1) is 6.80. The lowest BCUT2D eigenvalue weighted by Gasteiger charge is -2.44. The SMILES string of the molecule is CC(C)(C)N(C(O)=S)C(C)(C)C.NC(O)=S. The predicted molar refractivity (Wildman–Crippen MR) is 76.0 cm³/mol. The first kappa shape index (κ1) is 17.8. The van der Waals surface area contributed by atoms with Crippen molar-refractivity contribution in [3.63, 3.8) is 0 Å². The highest BCUT2D eigenvalue weighted by Crippen LogP contribution is 2.24. The molecule has 0 aromatic carbocycles. The summed E-state index contributed by atoms with van der Waals surface area (Å²) in [6.45, 7) is 12.2. The molecule has 0 fully saturated rings. The molecule has 0 atom stereocenters. The van der Waals surface area contributed by atoms with Crippen LogP contribution in [0.2, 0.25) is 0 Å². The highest BCUT2D eigenvalue weighted by Gasteiger charge is 2.33. The van der Waals surface area contributed by atoms with E-state index >= 15 is 0 Å². The number of rotatable bonds is 0. The van der Waals surface area contributed by atoms with Crippen molar-refractivity contribution < 1.29 is 10.2 Å². The zero-order chi connectivity index (χ0) is 13.7. The Labute approximate surface area is 108 Å². The standard InChI is InChI=1S/C9H19NOS.CH3NOS/c1-8(2,3)10(7(11)12)9(4,5)6;2-1(3)4/h1-6H3,(H,11,12);(H3,2,3,4). The van der Waals surface area contributed by atoms with Gasteiger partial charge in [0.2, 0.25) is 0 Å². The topological polar surface area (TPSA) is 69.7 Å². The molecule has 0 unspecified atom stereocenters. The Hall–Kier alpha value is -0.620. The smallest absolute Gasteiger partial charge is 0.257 e. The van der Waals surface area contributed by atoms with Crippen LogP contribution in [0.5, 0.6) is 0 Å². The molecular weight excluding hydrogens is 244 g/mol. The number of thiocarbonyl (C=S) groups is 2. The number of aliphatic hydroxyl groups is 2. The minimum Gasteiger partial charge on any atom is -0.487 e. The minimum atomic E-state index is -0.500. The van der Waals surface area contributed by atoms with Gasteiger partial charge < -0.3 is 20.8 Å². The Balaban J connectivity index is 0. The summed E-state index contributed by atoms with van der Waals surface area (Å²) in [5, 5.41) is 16.4. The van der Waals surface area contributed by atoms with Gasteiger partial charge in [-0.25, -0.2) is 0 Å². The normalized spacial score (nSPS) is 11.1. The average Bonchev–Trinajstić information content (AvgIpc) is 1.73. The van der Waals surface area contributed by atoms with Gasteiger partial charge in [-0.2, -0.15) is 0 Å². The van der Waals surface area contributed by atoms with E-state index < -0.39 is 5.17 Å². The van der Waals surface area contributed by atoms with Crippen LogP contribution in [0, 0.1) is 0 Å². The highest BCUT2D eigenvalue weighted by atomic mass is 32.1. The second-order valence-corrected chi connectivity index (χ2v) is 6.08. The Kier molecular flexibility index (Phi) is 6.88. The quantitative estimate of drug-likeness (QED) is 0.585. The molecule has 0 rings (SSSR count). The Bertz CT molecular complexity index is 237. The van der Waals surface area contributed by atoms with E-state index in [2.05, 4.69) is 18.0 Å². The third-order valence-electron chi connectivity index (χ3n) is 1.53. The second-order valence-electron chi connectivity index (χ2n) is 5.30. The average molecular weight is 266 g/mol. The molecule has 0 aromatic rings. The van der Waals surface area contributed by atoms with E-state index in [9.17, 15) is 5.11 Å². The fraction of sp³-hybridized carbons (Fsp3) is 0.800. The summed E-state index contributed by atoms with van der Waals surface area (Å²) in [5.41, 5.74) is 4.13. The van der Waals surface area contributed by atoms with Crippen molar-refractivity contribution in [1.29, 1.82) is 0 Å². The van der Waals surface area contributed by atoms with Crippen LogP contribution in [-0.2, 0) is 0 Å². The van der Waals surface area contributed by atoms with E-state index in [4.69, 9.17) is 17.3 Å². The maximum absolute atomic E-state index is 9.34. The summed E-state index contributed by atoms with van der Waals surface area (Å²) in [6.07, 6.45) is 0. The first-order valence-corrected chi connectivity index (χ1v) is 5.63. The molecule has 0 heterocycles. The molecule has 16 heavy (non-hydrogen) atoms. The Morgan fingerprint density at radius 2 is 1.12 bits per heavy atom. The fourth-order valence-corrected chi connectivity index (χ4v) is 2.13. The largest absolute Gasteiger partial charge is 0.487 e. The lowest BCUT2D eigenvalue weighted by atomic mass is 9.97. The van der Waals surface area contributed by atoms with Crippen LogP contribution in [0.1, 0.15) is 41.5 Å². The molecule has 4 N–H and O–H groups in total. The van der Waals surface area contributed by atoms with E-state index in [1.165, 1.54) is 0 Å². The van der Waals surface area contributed by atoms with Gasteiger partial charge in [0.15, 0.2) is 0 Å². The van der Waals surface area contributed by atoms with Crippen LogP contribution in [0.3, 0.4) is 0 Å². The summed E-state index contributed by atoms with van der Waals surface area (Å²) in [6, 6.07) is 0. The molecule has 0 spiro atoms. The molecule has 0 saturated heterocycles. The molecule has 0 aliphatic heterocycles. The zero-order valence-electron chi connectivity index (χ0n) is 10.7. The number of nitrogens with zero attached hydrogens (tertiary/aromatic N) is 1. The van der Waals surface area contributed by atoms with Crippen molar-refractivity contribution in [2.24, 2.45) is 5.73 Å². The molecule has 96 valence electrons. The molecule has 0 saturated carbocycles. The van der Waals surface area contributed by atoms with Crippen LogP contribution >= 0.6 is 24.4 Å². The monoisotopic (exact) mass is 266 g/mol. The maximum atomic E-state index is 9.34. The number of aliphatic hydroxyl groups excluding tert-OH is 2. The Morgan fingerprint density at radius 3 is 1.12 bits per heavy atom. The van der Waals surface area contributed by atoms with Crippen molar-refractivity contribution in [1.82, 2.24) is 4.90 Å². The lowest BCUT2D eigenvalue weighted by Crippen LogP contribution is -2.55. The summed E-state index contributed by atoms with van der Waals surface area (Å²) < 4.78 is 0. The van der Waals surface area contributed by atoms with Crippen molar-refractivity contribution in [3.05, 3.63) is 0 Å². The van der Waals surface area contributed by atoms with Crippen molar-refractivity contribution in [2.75, 3.05) is 0 Å². The molecule has 0 aliphatic carbocycles. The van der Waals surface area contributed by atoms with Gasteiger partial charge in [0.1, 0.15) is 0 Å². The highest BCUT2D eigenvalue weighted by molar-refractivity contribution is 7.80. The molecule has 6 heteroatoms. The molecule has 0 amide bonds. The van der Waals surface area contributed by atoms with Gasteiger partial charge in [-0.15, -0.1) is 0 Å². The van der Waals surface area contributed by atoms with Crippen molar-refractivity contribution in [2.45, 2.75) is 52.6 Å². The van der Waals surface area contributed by atoms with Gasteiger partial charge in [-0.3, -0.25) is 0 Å². The molecule has 0 radical (unpaired) electrons. The third-order valence-corrected chi connectivity index (χ3v) is 1.72. The zero-order valence-corrected chi connectivity index (χ0v) is 12.4. The van der Waals surface area contributed by atoms with E-state index in [-0.39, 0.29) is 16.3 Å². The Morgan fingerprint density at radius 1 is 0.938 bits per heavy atom. The predicted octanol–water partition coefficient (Wildman–Crippen LogP) is 2.52. The van der Waals surface area contributed by atoms with Gasteiger partial charge in [0, 0.05) is 11.1 Å². The van der Waals surface area contributed by atoms with Crippen molar-refractivity contribution >= 4 is 34.8 Å². The van der Waals surface area contributed by atoms with Gasteiger partial charge in [-0.1, -0.05) is 0 Å². The van der Waals surface area contributed by atoms with Gasteiger partial charge >= 0.3 is 0 Å². The first-order valence-electron chi connectivity index (χ1n) is 4.81. The van der Waals surface area contributed by atoms with Crippen molar-refractivity contribution in [3.8, 4) is 0 Å². The molecule has 0 aliphatic rings. The number of hydrogen-bond donors (Lipinski definition) is 3. The van der Waals surface area contributed by atoms with E-state index in [0.29, 0.717) is 0 Å². The third kappa shape index (κ3) is 8.67. The van der Waals surface area contributed by atoms with Crippen LogP contribution in [0.15, 0.2) is 0 Å². The maximum Gasteiger partial charge on any atom is 0.257 e. The second kappa shape index (κ2) is 6.20.